The quantitative estimate of drug-likeness (QED) is 0.361. The van der Waals surface area contributed by atoms with Gasteiger partial charge in [-0.15, -0.1) is 11.8 Å². The fourth-order valence-corrected chi connectivity index (χ4v) is 4.30. The molecule has 0 saturated carbocycles. The van der Waals surface area contributed by atoms with Crippen LogP contribution in [0, 0.1) is 0 Å². The Hall–Kier alpha value is -3.26. The van der Waals surface area contributed by atoms with Gasteiger partial charge >= 0.3 is 12.1 Å². The molecule has 3 aromatic carbocycles. The predicted octanol–water partition coefficient (Wildman–Crippen LogP) is 6.29. The van der Waals surface area contributed by atoms with Gasteiger partial charge < -0.3 is 10.0 Å². The Labute approximate surface area is 200 Å². The van der Waals surface area contributed by atoms with Crippen LogP contribution in [0.15, 0.2) is 77.7 Å². The van der Waals surface area contributed by atoms with Gasteiger partial charge in [-0.05, 0) is 53.9 Å². The van der Waals surface area contributed by atoms with Crippen LogP contribution in [0.3, 0.4) is 0 Å². The maximum absolute atomic E-state index is 12.8. The highest BCUT2D eigenvalue weighted by molar-refractivity contribution is 7.98. The molecule has 0 aliphatic rings. The Balaban J connectivity index is 1.57. The third-order valence-electron chi connectivity index (χ3n) is 5.31. The van der Waals surface area contributed by atoms with Gasteiger partial charge in [-0.25, -0.2) is 4.79 Å². The number of benzene rings is 3. The molecule has 0 saturated heterocycles. The summed E-state index contributed by atoms with van der Waals surface area (Å²) in [5, 5.41) is 9.30. The highest BCUT2D eigenvalue weighted by Gasteiger charge is 2.30. The standard InChI is InChI=1S/C26H24F3NO3S/c1-2-30(16-19-7-11-21(12-8-19)26(27,28)29)24(31)15-18-9-13-22(14-10-18)34-17-20-5-3-4-6-23(20)25(32)33/h3-14H,2,15-17H2,1H3,(H,32,33). The molecule has 0 radical (unpaired) electrons. The Morgan fingerprint density at radius 1 is 0.912 bits per heavy atom. The van der Waals surface area contributed by atoms with E-state index in [-0.39, 0.29) is 24.4 Å². The first kappa shape index (κ1) is 25.4. The van der Waals surface area contributed by atoms with Gasteiger partial charge in [-0.3, -0.25) is 4.79 Å². The third kappa shape index (κ3) is 6.87. The number of alkyl halides is 3. The van der Waals surface area contributed by atoms with Crippen molar-refractivity contribution in [3.63, 3.8) is 0 Å². The molecule has 34 heavy (non-hydrogen) atoms. The lowest BCUT2D eigenvalue weighted by atomic mass is 10.1. The van der Waals surface area contributed by atoms with Gasteiger partial charge in [0.2, 0.25) is 5.91 Å². The van der Waals surface area contributed by atoms with Crippen LogP contribution in [0.5, 0.6) is 0 Å². The summed E-state index contributed by atoms with van der Waals surface area (Å²) in [6.45, 7) is 2.51. The summed E-state index contributed by atoms with van der Waals surface area (Å²) in [4.78, 5) is 26.7. The number of carbonyl (C=O) groups is 2. The monoisotopic (exact) mass is 487 g/mol. The molecule has 3 rings (SSSR count). The lowest BCUT2D eigenvalue weighted by Crippen LogP contribution is -2.31. The summed E-state index contributed by atoms with van der Waals surface area (Å²) in [5.74, 6) is -0.558. The molecule has 8 heteroatoms. The van der Waals surface area contributed by atoms with Crippen LogP contribution in [0.2, 0.25) is 0 Å². The molecular formula is C26H24F3NO3S. The van der Waals surface area contributed by atoms with E-state index in [9.17, 15) is 27.9 Å². The average Bonchev–Trinajstić information content (AvgIpc) is 2.82. The molecular weight excluding hydrogens is 463 g/mol. The number of carboxylic acids is 1. The molecule has 0 unspecified atom stereocenters. The van der Waals surface area contributed by atoms with Gasteiger partial charge in [0.05, 0.1) is 17.5 Å². The van der Waals surface area contributed by atoms with Crippen molar-refractivity contribution in [2.45, 2.75) is 36.7 Å². The summed E-state index contributed by atoms with van der Waals surface area (Å²) in [6, 6.07) is 19.2. The molecule has 0 spiro atoms. The van der Waals surface area contributed by atoms with E-state index in [0.717, 1.165) is 28.2 Å². The van der Waals surface area contributed by atoms with Crippen LogP contribution < -0.4 is 0 Å². The van der Waals surface area contributed by atoms with Crippen LogP contribution in [0.4, 0.5) is 13.2 Å². The van der Waals surface area contributed by atoms with E-state index in [2.05, 4.69) is 0 Å². The van der Waals surface area contributed by atoms with Crippen LogP contribution in [-0.4, -0.2) is 28.4 Å². The highest BCUT2D eigenvalue weighted by Crippen LogP contribution is 2.29. The molecule has 1 amide bonds. The van der Waals surface area contributed by atoms with Crippen molar-refractivity contribution in [1.29, 1.82) is 0 Å². The summed E-state index contributed by atoms with van der Waals surface area (Å²) < 4.78 is 38.2. The second-order valence-corrected chi connectivity index (χ2v) is 8.72. The molecule has 0 atom stereocenters. The Kier molecular flexibility index (Phi) is 8.39. The van der Waals surface area contributed by atoms with Crippen molar-refractivity contribution in [3.05, 3.63) is 101 Å². The van der Waals surface area contributed by atoms with Crippen molar-refractivity contribution in [2.24, 2.45) is 0 Å². The van der Waals surface area contributed by atoms with Crippen molar-refractivity contribution >= 4 is 23.6 Å². The molecule has 0 aromatic heterocycles. The Morgan fingerprint density at radius 3 is 2.12 bits per heavy atom. The van der Waals surface area contributed by atoms with E-state index in [1.54, 1.807) is 29.2 Å². The summed E-state index contributed by atoms with van der Waals surface area (Å²) >= 11 is 1.51. The van der Waals surface area contributed by atoms with Gasteiger partial charge in [0.15, 0.2) is 0 Å². The number of likely N-dealkylation sites (N-methyl/N-ethyl adjacent to an activating group) is 1. The second-order valence-electron chi connectivity index (χ2n) is 7.67. The second kappa shape index (κ2) is 11.2. The molecule has 0 fully saturated rings. The minimum absolute atomic E-state index is 0.113. The van der Waals surface area contributed by atoms with E-state index in [1.807, 2.05) is 31.2 Å². The first-order valence-corrected chi connectivity index (χ1v) is 11.6. The number of hydrogen-bond donors (Lipinski definition) is 1. The number of carbonyl (C=O) groups excluding carboxylic acids is 1. The minimum Gasteiger partial charge on any atom is -0.478 e. The Bertz CT molecular complexity index is 1130. The summed E-state index contributed by atoms with van der Waals surface area (Å²) in [7, 11) is 0. The largest absolute Gasteiger partial charge is 0.478 e. The minimum atomic E-state index is -4.39. The van der Waals surface area contributed by atoms with Crippen LogP contribution >= 0.6 is 11.8 Å². The van der Waals surface area contributed by atoms with Crippen LogP contribution in [0.1, 0.15) is 39.5 Å². The average molecular weight is 488 g/mol. The fourth-order valence-electron chi connectivity index (χ4n) is 3.40. The number of carboxylic acid groups (broad SMARTS) is 1. The molecule has 0 aliphatic heterocycles. The topological polar surface area (TPSA) is 57.6 Å². The fraction of sp³-hybridized carbons (Fsp3) is 0.231. The number of halogens is 3. The number of hydrogen-bond acceptors (Lipinski definition) is 3. The van der Waals surface area contributed by atoms with Crippen molar-refractivity contribution in [3.8, 4) is 0 Å². The lowest BCUT2D eigenvalue weighted by molar-refractivity contribution is -0.137. The summed E-state index contributed by atoms with van der Waals surface area (Å²) in [5.41, 5.74) is 1.77. The molecule has 3 aromatic rings. The van der Waals surface area contributed by atoms with E-state index in [1.165, 1.54) is 23.9 Å². The van der Waals surface area contributed by atoms with Crippen molar-refractivity contribution in [2.75, 3.05) is 6.54 Å². The van der Waals surface area contributed by atoms with Crippen molar-refractivity contribution in [1.82, 2.24) is 4.90 Å². The van der Waals surface area contributed by atoms with Crippen LogP contribution in [0.25, 0.3) is 0 Å². The number of aromatic carboxylic acids is 1. The molecule has 1 N–H and O–H groups in total. The molecule has 178 valence electrons. The first-order valence-electron chi connectivity index (χ1n) is 10.6. The Morgan fingerprint density at radius 2 is 1.53 bits per heavy atom. The summed E-state index contributed by atoms with van der Waals surface area (Å²) in [6.07, 6.45) is -4.20. The predicted molar refractivity (Wildman–Crippen MR) is 126 cm³/mol. The highest BCUT2D eigenvalue weighted by atomic mass is 32.2. The number of amides is 1. The SMILES string of the molecule is CCN(Cc1ccc(C(F)(F)F)cc1)C(=O)Cc1ccc(SCc2ccccc2C(=O)O)cc1. The van der Waals surface area contributed by atoms with E-state index in [0.29, 0.717) is 17.9 Å². The van der Waals surface area contributed by atoms with Gasteiger partial charge in [0.25, 0.3) is 0 Å². The third-order valence-corrected chi connectivity index (χ3v) is 6.37. The van der Waals surface area contributed by atoms with Gasteiger partial charge in [0.1, 0.15) is 0 Å². The smallest absolute Gasteiger partial charge is 0.416 e. The lowest BCUT2D eigenvalue weighted by Gasteiger charge is -2.21. The van der Waals surface area contributed by atoms with Gasteiger partial charge in [0, 0.05) is 23.7 Å². The maximum atomic E-state index is 12.8. The van der Waals surface area contributed by atoms with Crippen molar-refractivity contribution < 1.29 is 27.9 Å². The zero-order chi connectivity index (χ0) is 24.7. The molecule has 0 aliphatic carbocycles. The van der Waals surface area contributed by atoms with E-state index < -0.39 is 17.7 Å². The number of rotatable bonds is 9. The maximum Gasteiger partial charge on any atom is 0.416 e. The molecule has 0 heterocycles. The molecule has 0 bridgehead atoms. The number of thioether (sulfide) groups is 1. The zero-order valence-corrected chi connectivity index (χ0v) is 19.3. The zero-order valence-electron chi connectivity index (χ0n) is 18.5. The normalized spacial score (nSPS) is 11.3. The van der Waals surface area contributed by atoms with Gasteiger partial charge in [-0.1, -0.05) is 42.5 Å². The van der Waals surface area contributed by atoms with E-state index in [4.69, 9.17) is 0 Å². The first-order chi connectivity index (χ1) is 16.2. The van der Waals surface area contributed by atoms with E-state index >= 15 is 0 Å². The number of nitrogens with zero attached hydrogens (tertiary/aromatic N) is 1. The van der Waals surface area contributed by atoms with Crippen LogP contribution in [-0.2, 0) is 29.7 Å². The molecule has 4 nitrogen and oxygen atoms in total. The van der Waals surface area contributed by atoms with Gasteiger partial charge in [-0.2, -0.15) is 13.2 Å².